The second kappa shape index (κ2) is 12.6. The summed E-state index contributed by atoms with van der Waals surface area (Å²) in [7, 11) is -0.875. The fourth-order valence-corrected chi connectivity index (χ4v) is 0.552. The van der Waals surface area contributed by atoms with E-state index in [1.165, 1.54) is 25.8 Å². The molecule has 0 aliphatic rings. The number of rotatable bonds is 4. The molecule has 0 radical (unpaired) electrons. The van der Waals surface area contributed by atoms with Crippen molar-refractivity contribution in [2.75, 3.05) is 13.6 Å². The molecule has 0 heterocycles. The third kappa shape index (κ3) is 40.1. The van der Waals surface area contributed by atoms with Gasteiger partial charge in [0.15, 0.2) is 0 Å². The molecular weight excluding hydrogens is 165 g/mol. The van der Waals surface area contributed by atoms with Crippen LogP contribution in [0.1, 0.15) is 26.2 Å². The van der Waals surface area contributed by atoms with Gasteiger partial charge in [-0.05, 0) is 20.0 Å². The Hall–Kier alpha value is -0.0200. The van der Waals surface area contributed by atoms with Crippen LogP contribution in [0, 0.1) is 0 Å². The topological polar surface area (TPSA) is 69.6 Å². The van der Waals surface area contributed by atoms with Crippen LogP contribution in [0.25, 0.3) is 0 Å². The Morgan fingerprint density at radius 3 is 2.09 bits per heavy atom. The number of hydrogen-bond acceptors (Lipinski definition) is 2. The molecule has 0 aliphatic heterocycles. The summed E-state index contributed by atoms with van der Waals surface area (Å²) in [5.41, 5.74) is 0. The van der Waals surface area contributed by atoms with Crippen molar-refractivity contribution in [2.24, 2.45) is 0 Å². The van der Waals surface area contributed by atoms with Crippen molar-refractivity contribution in [3.05, 3.63) is 0 Å². The van der Waals surface area contributed by atoms with E-state index in [1.54, 1.807) is 0 Å². The fourth-order valence-electron chi connectivity index (χ4n) is 0.552. The first-order valence-corrected chi connectivity index (χ1v) is 4.81. The Labute approximate surface area is 68.6 Å². The van der Waals surface area contributed by atoms with Crippen LogP contribution in [0.3, 0.4) is 0 Å². The largest absolute Gasteiger partial charge is 0.692 e. The van der Waals surface area contributed by atoms with Crippen molar-refractivity contribution in [1.82, 2.24) is 5.32 Å². The molecule has 0 amide bonds. The summed E-state index contributed by atoms with van der Waals surface area (Å²) < 4.78 is 8.70. The first kappa shape index (κ1) is 13.6. The van der Waals surface area contributed by atoms with E-state index in [0.717, 1.165) is 0 Å². The summed E-state index contributed by atoms with van der Waals surface area (Å²) in [6, 6.07) is 0. The average molecular weight is 182 g/mol. The van der Waals surface area contributed by atoms with Gasteiger partial charge in [-0.3, -0.25) is 0 Å². The maximum Gasteiger partial charge on any atom is 0.692 e. The van der Waals surface area contributed by atoms with Crippen LogP contribution in [0.4, 0.5) is 0 Å². The second-order valence-electron chi connectivity index (χ2n) is 2.06. The van der Waals surface area contributed by atoms with Crippen molar-refractivity contribution in [1.29, 1.82) is 0 Å². The van der Waals surface area contributed by atoms with E-state index >= 15 is 0 Å². The molecule has 4 nitrogen and oxygen atoms in total. The molecule has 0 bridgehead atoms. The molecule has 0 rings (SSSR count). The van der Waals surface area contributed by atoms with Crippen LogP contribution in [-0.2, 0) is 4.57 Å². The molecule has 0 aromatic carbocycles. The minimum Gasteiger partial charge on any atom is -0.320 e. The van der Waals surface area contributed by atoms with Crippen LogP contribution in [-0.4, -0.2) is 23.4 Å². The molecule has 11 heavy (non-hydrogen) atoms. The molecule has 0 saturated carbocycles. The van der Waals surface area contributed by atoms with Gasteiger partial charge in [0.25, 0.3) is 0 Å². The number of nitrogens with one attached hydrogen (secondary N) is 1. The average Bonchev–Trinajstić information content (AvgIpc) is 1.88. The van der Waals surface area contributed by atoms with Gasteiger partial charge in [-0.1, -0.05) is 19.8 Å². The summed E-state index contributed by atoms with van der Waals surface area (Å²) in [5.74, 6) is 0. The summed E-state index contributed by atoms with van der Waals surface area (Å²) in [6.07, 6.45) is 4.01. The number of unbranched alkanes of at least 4 members (excludes halogenated alkanes) is 2. The van der Waals surface area contributed by atoms with Gasteiger partial charge in [0.2, 0.25) is 0 Å². The summed E-state index contributed by atoms with van der Waals surface area (Å²) in [6.45, 7) is 3.39. The van der Waals surface area contributed by atoms with Crippen molar-refractivity contribution in [3.63, 3.8) is 0 Å². The highest BCUT2D eigenvalue weighted by atomic mass is 31.1. The Morgan fingerprint density at radius 2 is 1.82 bits per heavy atom. The van der Waals surface area contributed by atoms with Gasteiger partial charge < -0.3 is 5.32 Å². The van der Waals surface area contributed by atoms with Crippen LogP contribution in [0.15, 0.2) is 0 Å². The van der Waals surface area contributed by atoms with Crippen LogP contribution >= 0.6 is 8.25 Å². The van der Waals surface area contributed by atoms with Gasteiger partial charge in [0, 0.05) is 4.57 Å². The standard InChI is InChI=1S/C6H15N.HO3P/c1-3-4-5-6-7-2;1-4(2)3/h7H,3-6H2,1-2H3;(H-,1,2,3)/p+1. The van der Waals surface area contributed by atoms with E-state index in [2.05, 4.69) is 12.2 Å². The highest BCUT2D eigenvalue weighted by Crippen LogP contribution is 1.98. The van der Waals surface area contributed by atoms with E-state index in [-0.39, 0.29) is 0 Å². The van der Waals surface area contributed by atoms with Gasteiger partial charge in [-0.15, -0.1) is 9.79 Å². The first-order valence-electron chi connectivity index (χ1n) is 3.64. The molecule has 0 aromatic rings. The predicted molar refractivity (Wildman–Crippen MR) is 45.5 cm³/mol. The molecule has 0 unspecified atom stereocenters. The predicted octanol–water partition coefficient (Wildman–Crippen LogP) is 1.02. The first-order chi connectivity index (χ1) is 5.15. The van der Waals surface area contributed by atoms with Gasteiger partial charge in [-0.25, -0.2) is 0 Å². The molecule has 68 valence electrons. The van der Waals surface area contributed by atoms with E-state index in [0.29, 0.717) is 0 Å². The Bertz CT molecular complexity index is 81.9. The third-order valence-corrected chi connectivity index (χ3v) is 1.03. The lowest BCUT2D eigenvalue weighted by Gasteiger charge is -1.93. The molecule has 0 saturated heterocycles. The van der Waals surface area contributed by atoms with Crippen LogP contribution in [0.2, 0.25) is 0 Å². The lowest BCUT2D eigenvalue weighted by Crippen LogP contribution is -2.06. The molecule has 0 atom stereocenters. The molecule has 0 aliphatic carbocycles. The Kier molecular flexibility index (Phi) is 15.6. The zero-order valence-corrected chi connectivity index (χ0v) is 7.97. The maximum absolute atomic E-state index is 8.70. The lowest BCUT2D eigenvalue weighted by molar-refractivity contribution is 0.405. The second-order valence-corrected chi connectivity index (χ2v) is 2.57. The van der Waals surface area contributed by atoms with Gasteiger partial charge in [0.1, 0.15) is 0 Å². The molecular formula is C6H17NO3P+. The quantitative estimate of drug-likeness (QED) is 0.448. The Balaban J connectivity index is 0. The zero-order chi connectivity index (χ0) is 9.11. The molecule has 0 spiro atoms. The van der Waals surface area contributed by atoms with E-state index in [9.17, 15) is 0 Å². The SMILES string of the molecule is CCCCCNC.O=[P+](O)O. The lowest BCUT2D eigenvalue weighted by atomic mass is 10.2. The van der Waals surface area contributed by atoms with E-state index in [1.807, 2.05) is 7.05 Å². The molecule has 0 aromatic heterocycles. The van der Waals surface area contributed by atoms with Gasteiger partial charge in [-0.2, -0.15) is 0 Å². The fraction of sp³-hybridized carbons (Fsp3) is 1.00. The minimum atomic E-state index is -2.87. The normalized spacial score (nSPS) is 8.36. The van der Waals surface area contributed by atoms with Crippen molar-refractivity contribution in [2.45, 2.75) is 26.2 Å². The van der Waals surface area contributed by atoms with Crippen molar-refractivity contribution in [3.8, 4) is 0 Å². The van der Waals surface area contributed by atoms with Crippen molar-refractivity contribution >= 4 is 8.25 Å². The smallest absolute Gasteiger partial charge is 0.320 e. The van der Waals surface area contributed by atoms with Crippen LogP contribution < -0.4 is 5.32 Å². The minimum absolute atomic E-state index is 1.17. The van der Waals surface area contributed by atoms with Gasteiger partial charge in [0.05, 0.1) is 0 Å². The van der Waals surface area contributed by atoms with Crippen molar-refractivity contribution < 1.29 is 14.4 Å². The maximum atomic E-state index is 8.70. The van der Waals surface area contributed by atoms with Crippen LogP contribution in [0.5, 0.6) is 0 Å². The monoisotopic (exact) mass is 182 g/mol. The third-order valence-electron chi connectivity index (χ3n) is 1.03. The zero-order valence-electron chi connectivity index (χ0n) is 7.08. The highest BCUT2D eigenvalue weighted by molar-refractivity contribution is 7.30. The van der Waals surface area contributed by atoms with Gasteiger partial charge >= 0.3 is 8.25 Å². The number of hydrogen-bond donors (Lipinski definition) is 3. The summed E-state index contributed by atoms with van der Waals surface area (Å²) in [4.78, 5) is 14.2. The summed E-state index contributed by atoms with van der Waals surface area (Å²) in [5, 5.41) is 3.10. The highest BCUT2D eigenvalue weighted by Gasteiger charge is 1.93. The van der Waals surface area contributed by atoms with E-state index < -0.39 is 8.25 Å². The molecule has 5 heteroatoms. The van der Waals surface area contributed by atoms with E-state index in [4.69, 9.17) is 14.4 Å². The molecule has 0 fully saturated rings. The Morgan fingerprint density at radius 1 is 1.36 bits per heavy atom. The molecule has 3 N–H and O–H groups in total. The summed E-state index contributed by atoms with van der Waals surface area (Å²) >= 11 is 0.